The normalized spacial score (nSPS) is 11.0. The van der Waals surface area contributed by atoms with Crippen LogP contribution in [0.5, 0.6) is 0 Å². The van der Waals surface area contributed by atoms with Crippen molar-refractivity contribution in [1.82, 2.24) is 0 Å². The maximum Gasteiger partial charge on any atom is 0.412 e. The van der Waals surface area contributed by atoms with Gasteiger partial charge in [-0.2, -0.15) is 0 Å². The molecule has 0 saturated heterocycles. The molecule has 2 N–H and O–H groups in total. The van der Waals surface area contributed by atoms with Gasteiger partial charge in [0.05, 0.1) is 5.56 Å². The minimum atomic E-state index is -1.04. The van der Waals surface area contributed by atoms with Gasteiger partial charge in [-0.25, -0.2) is 9.59 Å². The predicted molar refractivity (Wildman–Crippen MR) is 93.7 cm³/mol. The van der Waals surface area contributed by atoms with E-state index in [2.05, 4.69) is 5.32 Å². The largest absolute Gasteiger partial charge is 0.478 e. The highest BCUT2D eigenvalue weighted by molar-refractivity contribution is 6.31. The first-order valence-electron chi connectivity index (χ1n) is 7.28. The van der Waals surface area contributed by atoms with E-state index >= 15 is 0 Å². The molecule has 0 heterocycles. The molecule has 0 bridgehead atoms. The van der Waals surface area contributed by atoms with Crippen LogP contribution in [-0.4, -0.2) is 22.8 Å². The molecule has 0 fully saturated rings. The summed E-state index contributed by atoms with van der Waals surface area (Å²) in [5.74, 6) is -1.04. The van der Waals surface area contributed by atoms with Crippen molar-refractivity contribution in [2.75, 3.05) is 5.32 Å². The number of anilines is 1. The molecule has 0 unspecified atom stereocenters. The number of ether oxygens (including phenoxy) is 1. The van der Waals surface area contributed by atoms with E-state index in [0.29, 0.717) is 16.3 Å². The molecule has 0 spiro atoms. The summed E-state index contributed by atoms with van der Waals surface area (Å²) in [4.78, 5) is 22.8. The lowest BCUT2D eigenvalue weighted by Gasteiger charge is -2.19. The molecular formula is C18H18ClNO4. The van der Waals surface area contributed by atoms with Gasteiger partial charge >= 0.3 is 12.1 Å². The number of halogens is 1. The van der Waals surface area contributed by atoms with Gasteiger partial charge in [0.1, 0.15) is 5.60 Å². The Labute approximate surface area is 145 Å². The number of carboxylic acid groups (broad SMARTS) is 1. The van der Waals surface area contributed by atoms with E-state index < -0.39 is 17.7 Å². The van der Waals surface area contributed by atoms with Gasteiger partial charge in [0.2, 0.25) is 0 Å². The lowest BCUT2D eigenvalue weighted by molar-refractivity contribution is 0.0634. The fraction of sp³-hybridized carbons (Fsp3) is 0.222. The van der Waals surface area contributed by atoms with Gasteiger partial charge in [-0.1, -0.05) is 23.7 Å². The van der Waals surface area contributed by atoms with Gasteiger partial charge in [0.15, 0.2) is 0 Å². The van der Waals surface area contributed by atoms with E-state index in [9.17, 15) is 9.59 Å². The van der Waals surface area contributed by atoms with Crippen molar-refractivity contribution >= 4 is 29.4 Å². The van der Waals surface area contributed by atoms with E-state index in [0.717, 1.165) is 5.56 Å². The number of hydrogen-bond acceptors (Lipinski definition) is 3. The van der Waals surface area contributed by atoms with Gasteiger partial charge in [0.25, 0.3) is 0 Å². The van der Waals surface area contributed by atoms with Crippen LogP contribution in [0.15, 0.2) is 42.5 Å². The summed E-state index contributed by atoms with van der Waals surface area (Å²) in [7, 11) is 0. The van der Waals surface area contributed by atoms with Gasteiger partial charge in [-0.3, -0.25) is 5.32 Å². The summed E-state index contributed by atoms with van der Waals surface area (Å²) in [5, 5.41) is 12.1. The van der Waals surface area contributed by atoms with Crippen molar-refractivity contribution in [3.05, 3.63) is 53.1 Å². The van der Waals surface area contributed by atoms with E-state index in [4.69, 9.17) is 21.4 Å². The van der Waals surface area contributed by atoms with E-state index in [-0.39, 0.29) is 5.56 Å². The molecule has 5 nitrogen and oxygen atoms in total. The second-order valence-corrected chi connectivity index (χ2v) is 6.67. The van der Waals surface area contributed by atoms with Crippen LogP contribution >= 0.6 is 11.6 Å². The molecule has 2 aromatic rings. The molecule has 6 heteroatoms. The molecule has 0 saturated carbocycles. The molecule has 0 atom stereocenters. The van der Waals surface area contributed by atoms with Gasteiger partial charge < -0.3 is 9.84 Å². The molecule has 2 rings (SSSR count). The minimum Gasteiger partial charge on any atom is -0.478 e. The summed E-state index contributed by atoms with van der Waals surface area (Å²) >= 11 is 5.97. The van der Waals surface area contributed by atoms with Crippen LogP contribution in [0.2, 0.25) is 5.02 Å². The lowest BCUT2D eigenvalue weighted by atomic mass is 10.0. The Bertz CT molecular complexity index is 764. The Hall–Kier alpha value is -2.53. The molecule has 2 aromatic carbocycles. The second-order valence-electron chi connectivity index (χ2n) is 6.24. The number of carbonyl (C=O) groups is 2. The summed E-state index contributed by atoms with van der Waals surface area (Å²) in [5.41, 5.74) is 1.60. The van der Waals surface area contributed by atoms with Crippen LogP contribution in [0.3, 0.4) is 0 Å². The average Bonchev–Trinajstić information content (AvgIpc) is 2.45. The van der Waals surface area contributed by atoms with Crippen LogP contribution in [0, 0.1) is 0 Å². The molecule has 0 aliphatic heterocycles. The number of benzene rings is 2. The first-order valence-corrected chi connectivity index (χ1v) is 7.66. The predicted octanol–water partition coefficient (Wildman–Crippen LogP) is 5.05. The lowest BCUT2D eigenvalue weighted by Crippen LogP contribution is -2.27. The molecule has 1 amide bonds. The molecule has 0 aliphatic carbocycles. The van der Waals surface area contributed by atoms with E-state index in [1.807, 2.05) is 0 Å². The van der Waals surface area contributed by atoms with Crippen LogP contribution in [-0.2, 0) is 4.74 Å². The molecule has 24 heavy (non-hydrogen) atoms. The van der Waals surface area contributed by atoms with Crippen molar-refractivity contribution in [2.45, 2.75) is 26.4 Å². The summed E-state index contributed by atoms with van der Waals surface area (Å²) in [6.07, 6.45) is -0.536. The maximum absolute atomic E-state index is 11.7. The van der Waals surface area contributed by atoms with E-state index in [1.54, 1.807) is 57.2 Å². The topological polar surface area (TPSA) is 75.6 Å². The SMILES string of the molecule is CC(C)(C)OC(=O)Nc1ccc(-c2cc(Cl)cc(C(=O)O)c2)cc1. The zero-order valence-electron chi connectivity index (χ0n) is 13.6. The first-order chi connectivity index (χ1) is 11.1. The fourth-order valence-corrected chi connectivity index (χ4v) is 2.28. The molecule has 0 aliphatic rings. The third-order valence-electron chi connectivity index (χ3n) is 3.01. The minimum absolute atomic E-state index is 0.119. The monoisotopic (exact) mass is 347 g/mol. The molecule has 0 aromatic heterocycles. The standard InChI is InChI=1S/C18H18ClNO4/c1-18(2,3)24-17(23)20-15-6-4-11(5-7-15)12-8-13(16(21)22)10-14(19)9-12/h4-10H,1-3H3,(H,20,23)(H,21,22). The zero-order valence-corrected chi connectivity index (χ0v) is 14.3. The third-order valence-corrected chi connectivity index (χ3v) is 3.23. The fourth-order valence-electron chi connectivity index (χ4n) is 2.05. The second kappa shape index (κ2) is 6.93. The van der Waals surface area contributed by atoms with Crippen molar-refractivity contribution < 1.29 is 19.4 Å². The van der Waals surface area contributed by atoms with Gasteiger partial charge in [0, 0.05) is 10.7 Å². The number of hydrogen-bond donors (Lipinski definition) is 2. The Balaban J connectivity index is 2.18. The van der Waals surface area contributed by atoms with Gasteiger partial charge in [-0.15, -0.1) is 0 Å². The highest BCUT2D eigenvalue weighted by Gasteiger charge is 2.16. The van der Waals surface area contributed by atoms with Crippen molar-refractivity contribution in [2.24, 2.45) is 0 Å². The number of amides is 1. The number of rotatable bonds is 3. The molecule has 0 radical (unpaired) electrons. The van der Waals surface area contributed by atoms with Crippen molar-refractivity contribution in [3.63, 3.8) is 0 Å². The number of carbonyl (C=O) groups excluding carboxylic acids is 1. The van der Waals surface area contributed by atoms with Crippen molar-refractivity contribution in [3.8, 4) is 11.1 Å². The van der Waals surface area contributed by atoms with Crippen LogP contribution in [0.1, 0.15) is 31.1 Å². The summed E-state index contributed by atoms with van der Waals surface area (Å²) < 4.78 is 5.18. The quantitative estimate of drug-likeness (QED) is 0.814. The maximum atomic E-state index is 11.7. The Morgan fingerprint density at radius 3 is 2.21 bits per heavy atom. The summed E-state index contributed by atoms with van der Waals surface area (Å²) in [6.45, 7) is 5.36. The smallest absolute Gasteiger partial charge is 0.412 e. The number of nitrogens with one attached hydrogen (secondary N) is 1. The third kappa shape index (κ3) is 4.99. The Kier molecular flexibility index (Phi) is 5.14. The van der Waals surface area contributed by atoms with Crippen LogP contribution in [0.25, 0.3) is 11.1 Å². The van der Waals surface area contributed by atoms with E-state index in [1.165, 1.54) is 6.07 Å². The van der Waals surface area contributed by atoms with Crippen LogP contribution in [0.4, 0.5) is 10.5 Å². The Morgan fingerprint density at radius 2 is 1.67 bits per heavy atom. The summed E-state index contributed by atoms with van der Waals surface area (Å²) in [6, 6.07) is 11.6. The average molecular weight is 348 g/mol. The molecule has 126 valence electrons. The number of aromatic carboxylic acids is 1. The first kappa shape index (κ1) is 17.8. The molecular weight excluding hydrogens is 330 g/mol. The highest BCUT2D eigenvalue weighted by Crippen LogP contribution is 2.26. The van der Waals surface area contributed by atoms with Gasteiger partial charge in [-0.05, 0) is 62.2 Å². The highest BCUT2D eigenvalue weighted by atomic mass is 35.5. The Morgan fingerprint density at radius 1 is 1.04 bits per heavy atom. The number of carboxylic acids is 1. The zero-order chi connectivity index (χ0) is 17.9. The van der Waals surface area contributed by atoms with Crippen molar-refractivity contribution in [1.29, 1.82) is 0 Å². The van der Waals surface area contributed by atoms with Crippen LogP contribution < -0.4 is 5.32 Å².